The first-order valence-electron chi connectivity index (χ1n) is 5.09. The fraction of sp³-hybridized carbons (Fsp3) is 0.0833. The third-order valence-electron chi connectivity index (χ3n) is 2.31. The number of thiophene rings is 1. The molecule has 2 aromatic rings. The van der Waals surface area contributed by atoms with Crippen LogP contribution in [0.2, 0.25) is 0 Å². The van der Waals surface area contributed by atoms with E-state index in [1.807, 2.05) is 6.07 Å². The van der Waals surface area contributed by atoms with Gasteiger partial charge in [-0.3, -0.25) is 4.79 Å². The largest absolute Gasteiger partial charge is 0.495 e. The lowest BCUT2D eigenvalue weighted by atomic mass is 10.3. The highest BCUT2D eigenvalue weighted by Crippen LogP contribution is 2.29. The maximum atomic E-state index is 12.0. The maximum Gasteiger partial charge on any atom is 0.267 e. The fourth-order valence-electron chi connectivity index (χ4n) is 1.46. The fourth-order valence-corrected chi connectivity index (χ4v) is 2.53. The van der Waals surface area contributed by atoms with Crippen molar-refractivity contribution in [3.05, 3.63) is 39.0 Å². The Balaban J connectivity index is 2.27. The predicted octanol–water partition coefficient (Wildman–Crippen LogP) is 3.35. The average Bonchev–Trinajstić information content (AvgIpc) is 2.76. The van der Waals surface area contributed by atoms with Gasteiger partial charge in [-0.2, -0.15) is 0 Å². The van der Waals surface area contributed by atoms with E-state index in [0.29, 0.717) is 22.0 Å². The number of ether oxygens (including phenoxy) is 1. The van der Waals surface area contributed by atoms with Crippen LogP contribution in [0.1, 0.15) is 9.67 Å². The molecular weight excluding hydrogens is 316 g/mol. The Labute approximate surface area is 117 Å². The Morgan fingerprint density at radius 2 is 2.22 bits per heavy atom. The molecule has 0 fully saturated rings. The van der Waals surface area contributed by atoms with Crippen molar-refractivity contribution in [3.63, 3.8) is 0 Å². The molecule has 0 aliphatic heterocycles. The van der Waals surface area contributed by atoms with Gasteiger partial charge in [-0.05, 0) is 29.6 Å². The van der Waals surface area contributed by atoms with Gasteiger partial charge in [0.15, 0.2) is 0 Å². The molecule has 0 unspecified atom stereocenters. The van der Waals surface area contributed by atoms with Crippen LogP contribution in [0.4, 0.5) is 11.4 Å². The lowest BCUT2D eigenvalue weighted by Crippen LogP contribution is -2.12. The molecule has 0 atom stereocenters. The number of rotatable bonds is 3. The van der Waals surface area contributed by atoms with Crippen molar-refractivity contribution in [2.24, 2.45) is 0 Å². The summed E-state index contributed by atoms with van der Waals surface area (Å²) in [5.41, 5.74) is 6.78. The molecular formula is C12H11BrN2O2S. The second-order valence-electron chi connectivity index (χ2n) is 3.50. The summed E-state index contributed by atoms with van der Waals surface area (Å²) in [7, 11) is 1.55. The first-order valence-corrected chi connectivity index (χ1v) is 6.77. The van der Waals surface area contributed by atoms with E-state index in [2.05, 4.69) is 21.2 Å². The van der Waals surface area contributed by atoms with Crippen LogP contribution in [0.25, 0.3) is 0 Å². The van der Waals surface area contributed by atoms with Crippen LogP contribution >= 0.6 is 27.3 Å². The average molecular weight is 327 g/mol. The molecule has 18 heavy (non-hydrogen) atoms. The molecule has 0 spiro atoms. The summed E-state index contributed by atoms with van der Waals surface area (Å²) < 4.78 is 6.04. The van der Waals surface area contributed by atoms with Crippen LogP contribution in [-0.4, -0.2) is 13.0 Å². The number of hydrogen-bond acceptors (Lipinski definition) is 4. The number of nitrogens with one attached hydrogen (secondary N) is 1. The molecule has 0 saturated heterocycles. The summed E-state index contributed by atoms with van der Waals surface area (Å²) in [6.07, 6.45) is 0. The zero-order valence-corrected chi connectivity index (χ0v) is 12.0. The summed E-state index contributed by atoms with van der Waals surface area (Å²) in [5, 5.41) is 4.56. The van der Waals surface area contributed by atoms with Crippen LogP contribution in [0.15, 0.2) is 34.1 Å². The van der Waals surface area contributed by atoms with Crippen molar-refractivity contribution < 1.29 is 9.53 Å². The molecule has 1 heterocycles. The topological polar surface area (TPSA) is 64.3 Å². The Kier molecular flexibility index (Phi) is 3.88. The molecule has 0 saturated carbocycles. The van der Waals surface area contributed by atoms with Crippen molar-refractivity contribution in [3.8, 4) is 5.75 Å². The van der Waals surface area contributed by atoms with Crippen molar-refractivity contribution in [1.29, 1.82) is 0 Å². The number of anilines is 2. The van der Waals surface area contributed by atoms with Gasteiger partial charge >= 0.3 is 0 Å². The molecule has 0 aliphatic carbocycles. The molecule has 0 bridgehead atoms. The SMILES string of the molecule is COc1ccc(Br)cc1NC(=O)c1sccc1N. The predicted molar refractivity (Wildman–Crippen MR) is 77.4 cm³/mol. The number of methoxy groups -OCH3 is 1. The Bertz CT molecular complexity index is 583. The lowest BCUT2D eigenvalue weighted by Gasteiger charge is -2.10. The number of nitrogens with two attached hydrogens (primary N) is 1. The van der Waals surface area contributed by atoms with Gasteiger partial charge in [-0.1, -0.05) is 15.9 Å². The molecule has 0 aliphatic rings. The standard InChI is InChI=1S/C12H11BrN2O2S/c1-17-10-3-2-7(13)6-9(10)15-12(16)11-8(14)4-5-18-11/h2-6H,14H2,1H3,(H,15,16). The van der Waals surface area contributed by atoms with E-state index in [0.717, 1.165) is 4.47 Å². The number of benzene rings is 1. The molecule has 3 N–H and O–H groups in total. The second kappa shape index (κ2) is 5.41. The van der Waals surface area contributed by atoms with Crippen LogP contribution in [0, 0.1) is 0 Å². The molecule has 94 valence electrons. The van der Waals surface area contributed by atoms with E-state index < -0.39 is 0 Å². The van der Waals surface area contributed by atoms with Crippen LogP contribution in [0.5, 0.6) is 5.75 Å². The molecule has 0 radical (unpaired) electrons. The van der Waals surface area contributed by atoms with E-state index >= 15 is 0 Å². The highest BCUT2D eigenvalue weighted by atomic mass is 79.9. The Morgan fingerprint density at radius 3 is 2.83 bits per heavy atom. The number of carbonyl (C=O) groups excluding carboxylic acids is 1. The van der Waals surface area contributed by atoms with E-state index in [1.54, 1.807) is 30.7 Å². The van der Waals surface area contributed by atoms with Gasteiger partial charge in [0.1, 0.15) is 10.6 Å². The maximum absolute atomic E-state index is 12.0. The highest BCUT2D eigenvalue weighted by molar-refractivity contribution is 9.10. The Morgan fingerprint density at radius 1 is 1.44 bits per heavy atom. The van der Waals surface area contributed by atoms with E-state index in [9.17, 15) is 4.79 Å². The van der Waals surface area contributed by atoms with Gasteiger partial charge in [0.2, 0.25) is 0 Å². The zero-order valence-electron chi connectivity index (χ0n) is 9.57. The van der Waals surface area contributed by atoms with Gasteiger partial charge in [0, 0.05) is 4.47 Å². The summed E-state index contributed by atoms with van der Waals surface area (Å²) in [6.45, 7) is 0. The third-order valence-corrected chi connectivity index (χ3v) is 3.73. The van der Waals surface area contributed by atoms with Crippen molar-refractivity contribution in [1.82, 2.24) is 0 Å². The van der Waals surface area contributed by atoms with Gasteiger partial charge in [-0.25, -0.2) is 0 Å². The Hall–Kier alpha value is -1.53. The number of halogens is 1. The van der Waals surface area contributed by atoms with Crippen LogP contribution < -0.4 is 15.8 Å². The molecule has 1 amide bonds. The zero-order chi connectivity index (χ0) is 13.1. The summed E-state index contributed by atoms with van der Waals surface area (Å²) in [6, 6.07) is 7.10. The van der Waals surface area contributed by atoms with E-state index in [-0.39, 0.29) is 5.91 Å². The number of amides is 1. The first-order chi connectivity index (χ1) is 8.61. The second-order valence-corrected chi connectivity index (χ2v) is 5.34. The van der Waals surface area contributed by atoms with Crippen LogP contribution in [0.3, 0.4) is 0 Å². The lowest BCUT2D eigenvalue weighted by molar-refractivity contribution is 0.103. The molecule has 1 aromatic carbocycles. The molecule has 6 heteroatoms. The molecule has 4 nitrogen and oxygen atoms in total. The summed E-state index contributed by atoms with van der Waals surface area (Å²) >= 11 is 4.65. The van der Waals surface area contributed by atoms with Gasteiger partial charge in [0.25, 0.3) is 5.91 Å². The number of nitrogen functional groups attached to an aromatic ring is 1. The number of carbonyl (C=O) groups is 1. The quantitative estimate of drug-likeness (QED) is 0.909. The highest BCUT2D eigenvalue weighted by Gasteiger charge is 2.13. The van der Waals surface area contributed by atoms with Crippen molar-refractivity contribution >= 4 is 44.5 Å². The van der Waals surface area contributed by atoms with E-state index in [1.165, 1.54) is 11.3 Å². The number of hydrogen-bond donors (Lipinski definition) is 2. The van der Waals surface area contributed by atoms with Gasteiger partial charge in [0.05, 0.1) is 18.5 Å². The summed E-state index contributed by atoms with van der Waals surface area (Å²) in [4.78, 5) is 12.5. The van der Waals surface area contributed by atoms with Gasteiger partial charge in [-0.15, -0.1) is 11.3 Å². The monoisotopic (exact) mass is 326 g/mol. The van der Waals surface area contributed by atoms with Gasteiger partial charge < -0.3 is 15.8 Å². The van der Waals surface area contributed by atoms with Crippen molar-refractivity contribution in [2.45, 2.75) is 0 Å². The minimum absolute atomic E-state index is 0.237. The first kappa shape index (κ1) is 12.9. The smallest absolute Gasteiger partial charge is 0.267 e. The van der Waals surface area contributed by atoms with E-state index in [4.69, 9.17) is 10.5 Å². The molecule has 2 rings (SSSR count). The normalized spacial score (nSPS) is 10.1. The summed E-state index contributed by atoms with van der Waals surface area (Å²) in [5.74, 6) is 0.362. The minimum atomic E-state index is -0.237. The van der Waals surface area contributed by atoms with Crippen LogP contribution in [-0.2, 0) is 0 Å². The minimum Gasteiger partial charge on any atom is -0.495 e. The molecule has 1 aromatic heterocycles. The van der Waals surface area contributed by atoms with Crippen molar-refractivity contribution in [2.75, 3.05) is 18.2 Å². The third kappa shape index (κ3) is 2.65.